The molecule has 1 saturated heterocycles. The van der Waals surface area contributed by atoms with E-state index in [1.54, 1.807) is 24.7 Å². The fraction of sp³-hybridized carbons (Fsp3) is 0.467. The third-order valence-corrected chi connectivity index (χ3v) is 6.18. The van der Waals surface area contributed by atoms with E-state index in [1.807, 2.05) is 17.9 Å². The van der Waals surface area contributed by atoms with Crippen LogP contribution in [-0.4, -0.2) is 58.4 Å². The van der Waals surface area contributed by atoms with Crippen molar-refractivity contribution in [3.8, 4) is 6.07 Å². The first kappa shape index (κ1) is 17.3. The van der Waals surface area contributed by atoms with Gasteiger partial charge >= 0.3 is 0 Å². The van der Waals surface area contributed by atoms with E-state index in [1.165, 1.54) is 16.7 Å². The second kappa shape index (κ2) is 6.42. The number of hydrogen-bond acceptors (Lipinski definition) is 7. The molecule has 10 heteroatoms. The molecule has 0 radical (unpaired) electrons. The molecule has 2 aromatic rings. The molecule has 1 aliphatic rings. The molecule has 132 valence electrons. The Hall–Kier alpha value is -2.51. The van der Waals surface area contributed by atoms with Crippen molar-refractivity contribution in [1.82, 2.24) is 23.8 Å². The predicted molar refractivity (Wildman–Crippen MR) is 90.3 cm³/mol. The zero-order valence-corrected chi connectivity index (χ0v) is 15.1. The Morgan fingerprint density at radius 1 is 1.36 bits per heavy atom. The summed E-state index contributed by atoms with van der Waals surface area (Å²) in [5, 5.41) is 9.16. The van der Waals surface area contributed by atoms with Crippen LogP contribution in [0.2, 0.25) is 0 Å². The van der Waals surface area contributed by atoms with Crippen LogP contribution in [0, 0.1) is 18.3 Å². The first-order valence-electron chi connectivity index (χ1n) is 7.86. The van der Waals surface area contributed by atoms with E-state index < -0.39 is 10.0 Å². The van der Waals surface area contributed by atoms with Gasteiger partial charge in [0.15, 0.2) is 16.5 Å². The van der Waals surface area contributed by atoms with Gasteiger partial charge in [-0.25, -0.2) is 23.4 Å². The quantitative estimate of drug-likeness (QED) is 0.757. The number of imidazole rings is 1. The maximum atomic E-state index is 12.8. The lowest BCUT2D eigenvalue weighted by Crippen LogP contribution is -2.60. The van der Waals surface area contributed by atoms with E-state index in [9.17, 15) is 8.42 Å². The molecular weight excluding hydrogens is 342 g/mol. The van der Waals surface area contributed by atoms with Crippen LogP contribution in [0.15, 0.2) is 23.6 Å². The summed E-state index contributed by atoms with van der Waals surface area (Å²) in [6, 6.07) is 1.80. The Bertz CT molecular complexity index is 926. The van der Waals surface area contributed by atoms with Crippen LogP contribution in [0.4, 0.5) is 5.82 Å². The summed E-state index contributed by atoms with van der Waals surface area (Å²) >= 11 is 0. The van der Waals surface area contributed by atoms with Crippen molar-refractivity contribution >= 4 is 15.8 Å². The second-order valence-electron chi connectivity index (χ2n) is 5.83. The van der Waals surface area contributed by atoms with Crippen LogP contribution in [0.25, 0.3) is 0 Å². The highest BCUT2D eigenvalue weighted by molar-refractivity contribution is 7.89. The van der Waals surface area contributed by atoms with Gasteiger partial charge in [0.2, 0.25) is 0 Å². The maximum Gasteiger partial charge on any atom is 0.262 e. The Labute approximate surface area is 146 Å². The largest absolute Gasteiger partial charge is 0.351 e. The molecule has 3 heterocycles. The standard InChI is InChI=1S/C15H19N7O2S/c1-4-21-10-14(19-11(21)2)25(23,24)20(3)12-8-22(9-12)15-13(7-16)17-5-6-18-15/h5-6,10,12H,4,8-9H2,1-3H3. The molecule has 1 aliphatic heterocycles. The predicted octanol–water partition coefficient (Wildman–Crippen LogP) is 0.382. The number of aromatic nitrogens is 4. The van der Waals surface area contributed by atoms with Gasteiger partial charge in [-0.3, -0.25) is 0 Å². The molecule has 0 aliphatic carbocycles. The SMILES string of the molecule is CCn1cc(S(=O)(=O)N(C)C2CN(c3nccnc3C#N)C2)nc1C. The third kappa shape index (κ3) is 2.96. The molecular formula is C15H19N7O2S. The molecule has 9 nitrogen and oxygen atoms in total. The molecule has 2 aromatic heterocycles. The van der Waals surface area contributed by atoms with E-state index in [0.29, 0.717) is 31.3 Å². The number of rotatable bonds is 5. The number of nitriles is 1. The van der Waals surface area contributed by atoms with Gasteiger partial charge in [-0.15, -0.1) is 0 Å². The van der Waals surface area contributed by atoms with E-state index >= 15 is 0 Å². The van der Waals surface area contributed by atoms with Crippen LogP contribution in [-0.2, 0) is 16.6 Å². The Morgan fingerprint density at radius 3 is 2.64 bits per heavy atom. The van der Waals surface area contributed by atoms with Crippen molar-refractivity contribution in [2.75, 3.05) is 25.0 Å². The van der Waals surface area contributed by atoms with Gasteiger partial charge in [0.1, 0.15) is 11.9 Å². The van der Waals surface area contributed by atoms with Crippen LogP contribution in [0.5, 0.6) is 0 Å². The number of sulfonamides is 1. The van der Waals surface area contributed by atoms with Crippen LogP contribution >= 0.6 is 0 Å². The number of likely N-dealkylation sites (N-methyl/N-ethyl adjacent to an activating group) is 1. The summed E-state index contributed by atoms with van der Waals surface area (Å²) in [5.41, 5.74) is 0.240. The zero-order valence-electron chi connectivity index (χ0n) is 14.3. The van der Waals surface area contributed by atoms with E-state index in [0.717, 1.165) is 0 Å². The summed E-state index contributed by atoms with van der Waals surface area (Å²) in [4.78, 5) is 14.2. The summed E-state index contributed by atoms with van der Waals surface area (Å²) in [7, 11) is -2.10. The molecule has 3 rings (SSSR count). The maximum absolute atomic E-state index is 12.8. The van der Waals surface area contributed by atoms with Gasteiger partial charge in [0.05, 0.1) is 6.04 Å². The van der Waals surface area contributed by atoms with Crippen LogP contribution in [0.1, 0.15) is 18.4 Å². The monoisotopic (exact) mass is 361 g/mol. The average Bonchev–Trinajstić information content (AvgIpc) is 2.95. The van der Waals surface area contributed by atoms with Gasteiger partial charge in [0.25, 0.3) is 10.0 Å². The minimum absolute atomic E-state index is 0.0602. The van der Waals surface area contributed by atoms with Gasteiger partial charge in [-0.05, 0) is 13.8 Å². The summed E-state index contributed by atoms with van der Waals surface area (Å²) in [5.74, 6) is 1.15. The van der Waals surface area contributed by atoms with Crippen molar-refractivity contribution in [3.63, 3.8) is 0 Å². The topological polar surface area (TPSA) is 108 Å². The highest BCUT2D eigenvalue weighted by Crippen LogP contribution is 2.26. The molecule has 0 saturated carbocycles. The zero-order chi connectivity index (χ0) is 18.2. The first-order chi connectivity index (χ1) is 11.9. The van der Waals surface area contributed by atoms with Crippen molar-refractivity contribution in [1.29, 1.82) is 5.26 Å². The molecule has 25 heavy (non-hydrogen) atoms. The van der Waals surface area contributed by atoms with Crippen LogP contribution in [0.3, 0.4) is 0 Å². The van der Waals surface area contributed by atoms with Gasteiger partial charge < -0.3 is 9.47 Å². The molecule has 0 unspecified atom stereocenters. The number of aryl methyl sites for hydroxylation is 2. The molecule has 0 N–H and O–H groups in total. The highest BCUT2D eigenvalue weighted by Gasteiger charge is 2.39. The molecule has 0 aromatic carbocycles. The Balaban J connectivity index is 1.75. The second-order valence-corrected chi connectivity index (χ2v) is 7.78. The molecule has 0 spiro atoms. The van der Waals surface area contributed by atoms with Crippen molar-refractivity contribution in [2.45, 2.75) is 31.5 Å². The third-order valence-electron chi connectivity index (χ3n) is 4.40. The summed E-state index contributed by atoms with van der Waals surface area (Å²) in [6.07, 6.45) is 4.54. The van der Waals surface area contributed by atoms with E-state index in [4.69, 9.17) is 5.26 Å². The first-order valence-corrected chi connectivity index (χ1v) is 9.30. The highest BCUT2D eigenvalue weighted by atomic mass is 32.2. The van der Waals surface area contributed by atoms with Gasteiger partial charge in [0, 0.05) is 45.3 Å². The lowest BCUT2D eigenvalue weighted by Gasteiger charge is -2.43. The molecule has 0 amide bonds. The lowest BCUT2D eigenvalue weighted by molar-refractivity contribution is 0.308. The fourth-order valence-electron chi connectivity index (χ4n) is 2.77. The van der Waals surface area contributed by atoms with Crippen molar-refractivity contribution in [3.05, 3.63) is 30.1 Å². The normalized spacial score (nSPS) is 15.2. The molecule has 0 bridgehead atoms. The smallest absolute Gasteiger partial charge is 0.262 e. The average molecular weight is 361 g/mol. The minimum atomic E-state index is -3.66. The molecule has 0 atom stereocenters. The summed E-state index contributed by atoms with van der Waals surface area (Å²) in [6.45, 7) is 5.30. The van der Waals surface area contributed by atoms with Crippen molar-refractivity contribution < 1.29 is 8.42 Å². The van der Waals surface area contributed by atoms with E-state index in [-0.39, 0.29) is 16.8 Å². The van der Waals surface area contributed by atoms with Crippen LogP contribution < -0.4 is 4.90 Å². The fourth-order valence-corrected chi connectivity index (χ4v) is 4.10. The molecule has 1 fully saturated rings. The Morgan fingerprint density at radius 2 is 2.04 bits per heavy atom. The lowest BCUT2D eigenvalue weighted by atomic mass is 10.1. The summed E-state index contributed by atoms with van der Waals surface area (Å²) < 4.78 is 28.7. The Kier molecular flexibility index (Phi) is 4.45. The van der Waals surface area contributed by atoms with Crippen molar-refractivity contribution in [2.24, 2.45) is 0 Å². The number of anilines is 1. The van der Waals surface area contributed by atoms with E-state index in [2.05, 4.69) is 15.0 Å². The minimum Gasteiger partial charge on any atom is -0.351 e. The number of hydrogen-bond donors (Lipinski definition) is 0. The van der Waals surface area contributed by atoms with Gasteiger partial charge in [-0.2, -0.15) is 9.57 Å². The van der Waals surface area contributed by atoms with Gasteiger partial charge in [-0.1, -0.05) is 0 Å². The number of nitrogens with zero attached hydrogens (tertiary/aromatic N) is 7.